The van der Waals surface area contributed by atoms with Gasteiger partial charge in [0.1, 0.15) is 5.76 Å². The van der Waals surface area contributed by atoms with E-state index in [4.69, 9.17) is 4.42 Å². The molecule has 2 aromatic rings. The lowest BCUT2D eigenvalue weighted by Crippen LogP contribution is -2.27. The molecule has 1 atom stereocenters. The number of carbonyl (C=O) groups excluding carboxylic acids is 1. The number of hydrogen-bond acceptors (Lipinski definition) is 3. The molecule has 2 heterocycles. The predicted molar refractivity (Wildman–Crippen MR) is 82.7 cm³/mol. The molecule has 0 spiro atoms. The van der Waals surface area contributed by atoms with Gasteiger partial charge in [-0.2, -0.15) is 0 Å². The summed E-state index contributed by atoms with van der Waals surface area (Å²) in [5, 5.41) is 6.25. The first-order valence-corrected chi connectivity index (χ1v) is 7.17. The number of rotatable bonds is 5. The summed E-state index contributed by atoms with van der Waals surface area (Å²) in [6, 6.07) is 12.0. The normalized spacial score (nSPS) is 15.9. The molecule has 1 saturated heterocycles. The van der Waals surface area contributed by atoms with Crippen molar-refractivity contribution < 1.29 is 9.21 Å². The van der Waals surface area contributed by atoms with E-state index in [-0.39, 0.29) is 12.1 Å². The minimum Gasteiger partial charge on any atom is -0.469 e. The van der Waals surface area contributed by atoms with Gasteiger partial charge in [0.2, 0.25) is 0 Å². The number of benzene rings is 1. The van der Waals surface area contributed by atoms with Gasteiger partial charge >= 0.3 is 6.03 Å². The Morgan fingerprint density at radius 1 is 1.38 bits per heavy atom. The van der Waals surface area contributed by atoms with E-state index in [1.165, 1.54) is 0 Å². The zero-order valence-corrected chi connectivity index (χ0v) is 12.0. The Bertz CT molecular complexity index is 610. The molecule has 1 fully saturated rings. The van der Waals surface area contributed by atoms with E-state index in [9.17, 15) is 4.79 Å². The minimum absolute atomic E-state index is 0.0317. The first-order chi connectivity index (χ1) is 10.2. The summed E-state index contributed by atoms with van der Waals surface area (Å²) in [5.41, 5.74) is 1.92. The highest BCUT2D eigenvalue weighted by atomic mass is 16.3. The van der Waals surface area contributed by atoms with Crippen molar-refractivity contribution in [3.05, 3.63) is 48.4 Å². The average Bonchev–Trinajstić information content (AvgIpc) is 3.10. The van der Waals surface area contributed by atoms with E-state index >= 15 is 0 Å². The second kappa shape index (κ2) is 5.91. The lowest BCUT2D eigenvalue weighted by molar-refractivity contribution is 0.252. The molecule has 0 bridgehead atoms. The van der Waals surface area contributed by atoms with E-state index in [2.05, 4.69) is 17.6 Å². The molecule has 2 N–H and O–H groups in total. The molecule has 0 aliphatic carbocycles. The molecule has 110 valence electrons. The van der Waals surface area contributed by atoms with Gasteiger partial charge in [0, 0.05) is 36.9 Å². The number of nitrogens with zero attached hydrogens (tertiary/aromatic N) is 1. The number of hydrogen-bond donors (Lipinski definition) is 2. The summed E-state index contributed by atoms with van der Waals surface area (Å²) >= 11 is 0. The lowest BCUT2D eigenvalue weighted by atomic mass is 10.1. The molecule has 1 unspecified atom stereocenters. The maximum Gasteiger partial charge on any atom is 0.321 e. The van der Waals surface area contributed by atoms with Gasteiger partial charge in [0.25, 0.3) is 0 Å². The molecule has 1 aliphatic rings. The van der Waals surface area contributed by atoms with E-state index in [0.29, 0.717) is 13.1 Å². The van der Waals surface area contributed by atoms with Crippen LogP contribution in [-0.4, -0.2) is 25.2 Å². The molecule has 1 aromatic heterocycles. The highest BCUT2D eigenvalue weighted by Gasteiger charge is 2.21. The van der Waals surface area contributed by atoms with E-state index in [1.807, 2.05) is 36.4 Å². The molecule has 21 heavy (non-hydrogen) atoms. The summed E-state index contributed by atoms with van der Waals surface area (Å²) < 4.78 is 5.36. The van der Waals surface area contributed by atoms with Crippen LogP contribution in [0.2, 0.25) is 0 Å². The Hall–Kier alpha value is -2.43. The number of carbonyl (C=O) groups is 1. The molecule has 5 nitrogen and oxygen atoms in total. The van der Waals surface area contributed by atoms with Gasteiger partial charge in [-0.15, -0.1) is 0 Å². The van der Waals surface area contributed by atoms with Gasteiger partial charge in [-0.3, -0.25) is 4.90 Å². The van der Waals surface area contributed by atoms with Crippen molar-refractivity contribution in [2.45, 2.75) is 19.4 Å². The number of urea groups is 1. The largest absolute Gasteiger partial charge is 0.469 e. The quantitative estimate of drug-likeness (QED) is 0.888. The third kappa shape index (κ3) is 3.18. The smallest absolute Gasteiger partial charge is 0.321 e. The van der Waals surface area contributed by atoms with Gasteiger partial charge in [0.15, 0.2) is 0 Å². The van der Waals surface area contributed by atoms with Gasteiger partial charge in [0.05, 0.1) is 6.26 Å². The average molecular weight is 285 g/mol. The van der Waals surface area contributed by atoms with Crippen molar-refractivity contribution in [1.29, 1.82) is 0 Å². The predicted octanol–water partition coefficient (Wildman–Crippen LogP) is 2.85. The van der Waals surface area contributed by atoms with Gasteiger partial charge in [-0.1, -0.05) is 6.07 Å². The van der Waals surface area contributed by atoms with Crippen LogP contribution in [-0.2, 0) is 6.42 Å². The Balaban J connectivity index is 1.67. The van der Waals surface area contributed by atoms with Crippen LogP contribution >= 0.6 is 0 Å². The van der Waals surface area contributed by atoms with Crippen molar-refractivity contribution in [2.75, 3.05) is 23.3 Å². The SMILES string of the molecule is CC(Cc1ccco1)Nc1cccc(N2CCNC2=O)c1. The van der Waals surface area contributed by atoms with Crippen LogP contribution in [0.25, 0.3) is 0 Å². The maximum absolute atomic E-state index is 11.7. The first-order valence-electron chi connectivity index (χ1n) is 7.17. The Morgan fingerprint density at radius 3 is 3.00 bits per heavy atom. The summed E-state index contributed by atoms with van der Waals surface area (Å²) in [4.78, 5) is 13.5. The second-order valence-electron chi connectivity index (χ2n) is 5.26. The standard InChI is InChI=1S/C16H19N3O2/c1-12(10-15-6-3-9-21-15)18-13-4-2-5-14(11-13)19-8-7-17-16(19)20/h2-6,9,11-12,18H,7-8,10H2,1H3,(H,17,20). The fourth-order valence-corrected chi connectivity index (χ4v) is 2.55. The Labute approximate surface area is 123 Å². The molecular weight excluding hydrogens is 266 g/mol. The van der Waals surface area contributed by atoms with E-state index < -0.39 is 0 Å². The highest BCUT2D eigenvalue weighted by molar-refractivity contribution is 5.94. The first kappa shape index (κ1) is 13.5. The number of nitrogens with one attached hydrogen (secondary N) is 2. The highest BCUT2D eigenvalue weighted by Crippen LogP contribution is 2.22. The van der Waals surface area contributed by atoms with E-state index in [1.54, 1.807) is 11.2 Å². The summed E-state index contributed by atoms with van der Waals surface area (Å²) in [7, 11) is 0. The Morgan fingerprint density at radius 2 is 2.29 bits per heavy atom. The van der Waals surface area contributed by atoms with Crippen LogP contribution in [0.1, 0.15) is 12.7 Å². The third-order valence-electron chi connectivity index (χ3n) is 3.52. The van der Waals surface area contributed by atoms with Crippen molar-refractivity contribution in [1.82, 2.24) is 5.32 Å². The molecule has 5 heteroatoms. The minimum atomic E-state index is -0.0317. The Kier molecular flexibility index (Phi) is 3.81. The monoisotopic (exact) mass is 285 g/mol. The van der Waals surface area contributed by atoms with Crippen LogP contribution in [0.15, 0.2) is 47.1 Å². The molecule has 0 radical (unpaired) electrons. The molecule has 3 rings (SSSR count). The summed E-state index contributed by atoms with van der Waals surface area (Å²) in [6.07, 6.45) is 2.51. The van der Waals surface area contributed by atoms with Crippen molar-refractivity contribution in [3.63, 3.8) is 0 Å². The number of amides is 2. The van der Waals surface area contributed by atoms with Gasteiger partial charge < -0.3 is 15.1 Å². The molecule has 1 aromatic carbocycles. The van der Waals surface area contributed by atoms with Crippen molar-refractivity contribution >= 4 is 17.4 Å². The van der Waals surface area contributed by atoms with Crippen LogP contribution in [0.4, 0.5) is 16.2 Å². The lowest BCUT2D eigenvalue weighted by Gasteiger charge is -2.18. The molecule has 0 saturated carbocycles. The van der Waals surface area contributed by atoms with Crippen LogP contribution < -0.4 is 15.5 Å². The second-order valence-corrected chi connectivity index (χ2v) is 5.26. The topological polar surface area (TPSA) is 57.5 Å². The van der Waals surface area contributed by atoms with Crippen LogP contribution in [0.3, 0.4) is 0 Å². The summed E-state index contributed by atoms with van der Waals surface area (Å²) in [5.74, 6) is 0.963. The zero-order valence-electron chi connectivity index (χ0n) is 12.0. The third-order valence-corrected chi connectivity index (χ3v) is 3.52. The van der Waals surface area contributed by atoms with E-state index in [0.717, 1.165) is 23.6 Å². The van der Waals surface area contributed by atoms with Crippen LogP contribution in [0, 0.1) is 0 Å². The van der Waals surface area contributed by atoms with Crippen LogP contribution in [0.5, 0.6) is 0 Å². The van der Waals surface area contributed by atoms with Gasteiger partial charge in [-0.05, 0) is 37.3 Å². The maximum atomic E-state index is 11.7. The summed E-state index contributed by atoms with van der Waals surface area (Å²) in [6.45, 7) is 3.52. The number of anilines is 2. The number of furan rings is 1. The van der Waals surface area contributed by atoms with Crippen molar-refractivity contribution in [3.8, 4) is 0 Å². The molecular formula is C16H19N3O2. The molecule has 1 aliphatic heterocycles. The van der Waals surface area contributed by atoms with Gasteiger partial charge in [-0.25, -0.2) is 4.79 Å². The van der Waals surface area contributed by atoms with Crippen molar-refractivity contribution in [2.24, 2.45) is 0 Å². The fourth-order valence-electron chi connectivity index (χ4n) is 2.55. The zero-order chi connectivity index (χ0) is 14.7. The molecule has 2 amide bonds. The fraction of sp³-hybridized carbons (Fsp3) is 0.312.